The average molecular weight is 302 g/mol. The van der Waals surface area contributed by atoms with E-state index in [4.69, 9.17) is 0 Å². The van der Waals surface area contributed by atoms with Crippen LogP contribution in [0.1, 0.15) is 31.9 Å². The van der Waals surface area contributed by atoms with Crippen molar-refractivity contribution in [2.45, 2.75) is 39.4 Å². The summed E-state index contributed by atoms with van der Waals surface area (Å²) in [5.74, 6) is 0. The van der Waals surface area contributed by atoms with Crippen molar-refractivity contribution >= 4 is 0 Å². The first-order chi connectivity index (χ1) is 9.86. The van der Waals surface area contributed by atoms with Gasteiger partial charge in [-0.1, -0.05) is 32.0 Å². The molecule has 2 nitrogen and oxygen atoms in total. The van der Waals surface area contributed by atoms with Crippen LogP contribution < -0.4 is 5.32 Å². The highest BCUT2D eigenvalue weighted by molar-refractivity contribution is 5.26. The summed E-state index contributed by atoms with van der Waals surface area (Å²) in [5.41, 5.74) is 0.142. The fourth-order valence-corrected chi connectivity index (χ4v) is 2.31. The molecule has 1 aromatic carbocycles. The number of nitrogens with zero attached hydrogens (tertiary/aromatic N) is 1. The molecule has 0 aliphatic heterocycles. The Hall–Kier alpha value is -1.07. The van der Waals surface area contributed by atoms with Crippen molar-refractivity contribution in [2.24, 2.45) is 0 Å². The molecule has 0 heterocycles. The second-order valence-corrected chi connectivity index (χ2v) is 5.28. The van der Waals surface area contributed by atoms with E-state index >= 15 is 0 Å². The zero-order valence-corrected chi connectivity index (χ0v) is 13.0. The van der Waals surface area contributed by atoms with Crippen molar-refractivity contribution in [1.29, 1.82) is 0 Å². The lowest BCUT2D eigenvalue weighted by molar-refractivity contribution is -0.137. The minimum Gasteiger partial charge on any atom is -0.313 e. The number of hydrogen-bond donors (Lipinski definition) is 1. The molecule has 1 aromatic rings. The topological polar surface area (TPSA) is 15.3 Å². The Morgan fingerprint density at radius 2 is 1.86 bits per heavy atom. The van der Waals surface area contributed by atoms with E-state index in [9.17, 15) is 13.2 Å². The van der Waals surface area contributed by atoms with E-state index in [1.54, 1.807) is 6.07 Å². The Bertz CT molecular complexity index is 414. The average Bonchev–Trinajstić information content (AvgIpc) is 2.43. The molecule has 1 N–H and O–H groups in total. The Labute approximate surface area is 125 Å². The largest absolute Gasteiger partial charge is 0.416 e. The first-order valence-corrected chi connectivity index (χ1v) is 7.48. The van der Waals surface area contributed by atoms with Gasteiger partial charge >= 0.3 is 6.18 Å². The molecule has 0 aliphatic rings. The minimum atomic E-state index is -4.27. The van der Waals surface area contributed by atoms with Crippen LogP contribution in [0.15, 0.2) is 24.3 Å². The van der Waals surface area contributed by atoms with Crippen LogP contribution >= 0.6 is 0 Å². The molecule has 0 spiro atoms. The third-order valence-corrected chi connectivity index (χ3v) is 3.61. The molecule has 0 saturated carbocycles. The smallest absolute Gasteiger partial charge is 0.313 e. The molecule has 120 valence electrons. The summed E-state index contributed by atoms with van der Waals surface area (Å²) in [7, 11) is 0. The van der Waals surface area contributed by atoms with Crippen molar-refractivity contribution in [2.75, 3.05) is 26.2 Å². The van der Waals surface area contributed by atoms with E-state index in [-0.39, 0.29) is 6.04 Å². The molecule has 0 radical (unpaired) electrons. The lowest BCUT2D eigenvalue weighted by Crippen LogP contribution is -2.36. The van der Waals surface area contributed by atoms with E-state index < -0.39 is 11.7 Å². The van der Waals surface area contributed by atoms with Crippen LogP contribution in [0, 0.1) is 0 Å². The summed E-state index contributed by atoms with van der Waals surface area (Å²) in [6, 6.07) is 5.73. The summed E-state index contributed by atoms with van der Waals surface area (Å²) in [6.45, 7) is 10.1. The predicted molar refractivity (Wildman–Crippen MR) is 80.4 cm³/mol. The predicted octanol–water partition coefficient (Wildman–Crippen LogP) is 3.57. The van der Waals surface area contributed by atoms with Gasteiger partial charge in [-0.3, -0.25) is 0 Å². The van der Waals surface area contributed by atoms with Crippen molar-refractivity contribution in [3.63, 3.8) is 0 Å². The fourth-order valence-electron chi connectivity index (χ4n) is 2.31. The van der Waals surface area contributed by atoms with Gasteiger partial charge in [-0.25, -0.2) is 0 Å². The van der Waals surface area contributed by atoms with Crippen LogP contribution in [0.2, 0.25) is 0 Å². The number of rotatable bonds is 8. The van der Waals surface area contributed by atoms with Gasteiger partial charge in [0.25, 0.3) is 0 Å². The van der Waals surface area contributed by atoms with Crippen LogP contribution in [-0.2, 0) is 12.6 Å². The Morgan fingerprint density at radius 3 is 2.43 bits per heavy atom. The molecule has 5 heteroatoms. The van der Waals surface area contributed by atoms with Crippen LogP contribution in [-0.4, -0.2) is 37.1 Å². The summed E-state index contributed by atoms with van der Waals surface area (Å²) >= 11 is 0. The molecule has 0 aromatic heterocycles. The molecule has 21 heavy (non-hydrogen) atoms. The van der Waals surface area contributed by atoms with Crippen LogP contribution in [0.4, 0.5) is 13.2 Å². The summed E-state index contributed by atoms with van der Waals surface area (Å²) in [5, 5.41) is 3.37. The molecular weight excluding hydrogens is 277 g/mol. The van der Waals surface area contributed by atoms with E-state index in [0.717, 1.165) is 32.2 Å². The molecule has 0 fully saturated rings. The van der Waals surface area contributed by atoms with E-state index in [2.05, 4.69) is 24.1 Å². The fraction of sp³-hybridized carbons (Fsp3) is 0.625. The summed E-state index contributed by atoms with van der Waals surface area (Å²) < 4.78 is 38.0. The van der Waals surface area contributed by atoms with Crippen molar-refractivity contribution in [3.05, 3.63) is 35.4 Å². The molecule has 0 amide bonds. The summed E-state index contributed by atoms with van der Waals surface area (Å²) in [6.07, 6.45) is -3.67. The minimum absolute atomic E-state index is 0.157. The number of nitrogens with one attached hydrogen (secondary N) is 1. The van der Waals surface area contributed by atoms with E-state index in [1.165, 1.54) is 12.1 Å². The van der Waals surface area contributed by atoms with Gasteiger partial charge < -0.3 is 10.2 Å². The first-order valence-electron chi connectivity index (χ1n) is 7.48. The number of halogens is 3. The third-order valence-electron chi connectivity index (χ3n) is 3.61. The molecule has 1 atom stereocenters. The van der Waals surface area contributed by atoms with Gasteiger partial charge in [-0.2, -0.15) is 13.2 Å². The van der Waals surface area contributed by atoms with Gasteiger partial charge in [-0.05, 0) is 38.1 Å². The summed E-state index contributed by atoms with van der Waals surface area (Å²) in [4.78, 5) is 2.31. The second-order valence-electron chi connectivity index (χ2n) is 5.28. The highest BCUT2D eigenvalue weighted by atomic mass is 19.4. The van der Waals surface area contributed by atoms with Gasteiger partial charge in [0, 0.05) is 19.1 Å². The van der Waals surface area contributed by atoms with Crippen molar-refractivity contribution in [3.8, 4) is 0 Å². The number of hydrogen-bond acceptors (Lipinski definition) is 2. The monoisotopic (exact) mass is 302 g/mol. The first kappa shape index (κ1) is 18.0. The van der Waals surface area contributed by atoms with Gasteiger partial charge in [0.15, 0.2) is 0 Å². The van der Waals surface area contributed by atoms with E-state index in [0.29, 0.717) is 12.0 Å². The van der Waals surface area contributed by atoms with Crippen LogP contribution in [0.25, 0.3) is 0 Å². The van der Waals surface area contributed by atoms with Gasteiger partial charge in [-0.15, -0.1) is 0 Å². The Balaban J connectivity index is 2.46. The van der Waals surface area contributed by atoms with Crippen molar-refractivity contribution < 1.29 is 13.2 Å². The van der Waals surface area contributed by atoms with Gasteiger partial charge in [0.2, 0.25) is 0 Å². The third kappa shape index (κ3) is 6.48. The van der Waals surface area contributed by atoms with Crippen LogP contribution in [0.5, 0.6) is 0 Å². The lowest BCUT2D eigenvalue weighted by atomic mass is 10.0. The molecule has 0 bridgehead atoms. The normalized spacial score (nSPS) is 13.7. The maximum Gasteiger partial charge on any atom is 0.416 e. The molecular formula is C16H25F3N2. The quantitative estimate of drug-likeness (QED) is 0.790. The maximum atomic E-state index is 12.7. The molecule has 0 saturated heterocycles. The number of likely N-dealkylation sites (N-methyl/N-ethyl adjacent to an activating group) is 1. The maximum absolute atomic E-state index is 12.7. The van der Waals surface area contributed by atoms with Crippen LogP contribution in [0.3, 0.4) is 0 Å². The SMILES string of the molecule is CCN(CC)CCNC(C)Cc1cccc(C(F)(F)F)c1. The van der Waals surface area contributed by atoms with Gasteiger partial charge in [0.05, 0.1) is 5.56 Å². The van der Waals surface area contributed by atoms with Crippen molar-refractivity contribution in [1.82, 2.24) is 10.2 Å². The van der Waals surface area contributed by atoms with Gasteiger partial charge in [0.1, 0.15) is 0 Å². The zero-order valence-electron chi connectivity index (χ0n) is 13.0. The Kier molecular flexibility index (Phi) is 7.18. The highest BCUT2D eigenvalue weighted by Gasteiger charge is 2.30. The molecule has 1 unspecified atom stereocenters. The number of alkyl halides is 3. The molecule has 0 aliphatic carbocycles. The standard InChI is InChI=1S/C16H25F3N2/c1-4-21(5-2)10-9-20-13(3)11-14-7-6-8-15(12-14)16(17,18)19/h6-8,12-13,20H,4-5,9-11H2,1-3H3. The Morgan fingerprint density at radius 1 is 1.19 bits per heavy atom. The highest BCUT2D eigenvalue weighted by Crippen LogP contribution is 2.29. The zero-order chi connectivity index (χ0) is 15.9. The van der Waals surface area contributed by atoms with E-state index in [1.807, 2.05) is 6.92 Å². The second kappa shape index (κ2) is 8.39. The number of benzene rings is 1. The lowest BCUT2D eigenvalue weighted by Gasteiger charge is -2.20. The molecule has 1 rings (SSSR count).